The summed E-state index contributed by atoms with van der Waals surface area (Å²) >= 11 is 2.52. The fourth-order valence-electron chi connectivity index (χ4n) is 5.86. The highest BCUT2D eigenvalue weighted by Crippen LogP contribution is 2.60. The first-order valence-corrected chi connectivity index (χ1v) is 17.8. The Morgan fingerprint density at radius 3 is 2.11 bits per heavy atom. The predicted octanol–water partition coefficient (Wildman–Crippen LogP) is 9.07. The second kappa shape index (κ2) is 10.1. The Hall–Kier alpha value is -0.763. The van der Waals surface area contributed by atoms with Gasteiger partial charge in [0.15, 0.2) is 8.32 Å². The average Bonchev–Trinajstić information content (AvgIpc) is 2.75. The normalized spacial score (nSPS) is 25.2. The number of rotatable bonds is 6. The van der Waals surface area contributed by atoms with Gasteiger partial charge in [-0.3, -0.25) is 4.98 Å². The second-order valence-electron chi connectivity index (χ2n) is 13.7. The first kappa shape index (κ1) is 28.3. The molecule has 1 N–H and O–H groups in total. The summed E-state index contributed by atoms with van der Waals surface area (Å²) in [5.41, 5.74) is 6.32. The van der Waals surface area contributed by atoms with Gasteiger partial charge in [-0.05, 0) is 107 Å². The van der Waals surface area contributed by atoms with E-state index >= 15 is 0 Å². The van der Waals surface area contributed by atoms with Crippen molar-refractivity contribution in [1.82, 2.24) is 4.98 Å². The standard InChI is InChI=1S/C31H46INO2Si/c1-19(2)21-10-12-22(13-11-21)29(34)23-15-31(16-23)17-26-28(24(32)14-25(33-26)20(3)4)27(18-31)35-36(8,9)30(5,6)7/h10-14,19-20,23,27,29,34H,15-18H2,1-9H3/t23?,27-,29?,31?/m1/s1. The van der Waals surface area contributed by atoms with Crippen molar-refractivity contribution in [3.8, 4) is 0 Å². The zero-order valence-corrected chi connectivity index (χ0v) is 26.9. The van der Waals surface area contributed by atoms with Crippen molar-refractivity contribution in [2.45, 2.75) is 116 Å². The Morgan fingerprint density at radius 1 is 1.00 bits per heavy atom. The molecule has 1 spiro atoms. The molecule has 36 heavy (non-hydrogen) atoms. The van der Waals surface area contributed by atoms with E-state index in [1.54, 1.807) is 0 Å². The Morgan fingerprint density at radius 2 is 1.58 bits per heavy atom. The number of aliphatic hydroxyl groups is 1. The lowest BCUT2D eigenvalue weighted by Gasteiger charge is -2.54. The molecule has 1 unspecified atom stereocenters. The molecular formula is C31H46INO2Si. The number of halogens is 1. The number of aromatic nitrogens is 1. The van der Waals surface area contributed by atoms with Gasteiger partial charge >= 0.3 is 0 Å². The van der Waals surface area contributed by atoms with Gasteiger partial charge in [-0.15, -0.1) is 0 Å². The molecule has 1 aromatic carbocycles. The van der Waals surface area contributed by atoms with Crippen molar-refractivity contribution in [1.29, 1.82) is 0 Å². The number of pyridine rings is 1. The monoisotopic (exact) mass is 619 g/mol. The molecular weight excluding hydrogens is 573 g/mol. The van der Waals surface area contributed by atoms with Crippen molar-refractivity contribution < 1.29 is 9.53 Å². The number of fused-ring (bicyclic) bond motifs is 1. The molecule has 2 aromatic rings. The molecule has 0 aliphatic heterocycles. The third kappa shape index (κ3) is 5.50. The van der Waals surface area contributed by atoms with Gasteiger partial charge in [0.1, 0.15) is 0 Å². The van der Waals surface area contributed by atoms with Gasteiger partial charge in [-0.1, -0.05) is 72.7 Å². The Balaban J connectivity index is 1.60. The summed E-state index contributed by atoms with van der Waals surface area (Å²) in [5, 5.41) is 11.4. The van der Waals surface area contributed by atoms with E-state index in [1.165, 1.54) is 26.1 Å². The molecule has 0 radical (unpaired) electrons. The fraction of sp³-hybridized carbons (Fsp3) is 0.645. The minimum Gasteiger partial charge on any atom is -0.410 e. The molecule has 0 bridgehead atoms. The highest BCUT2D eigenvalue weighted by atomic mass is 127. The van der Waals surface area contributed by atoms with Crippen LogP contribution in [-0.4, -0.2) is 18.4 Å². The van der Waals surface area contributed by atoms with Crippen LogP contribution in [0.15, 0.2) is 30.3 Å². The van der Waals surface area contributed by atoms with Gasteiger partial charge in [0.2, 0.25) is 0 Å². The van der Waals surface area contributed by atoms with Gasteiger partial charge in [-0.25, -0.2) is 0 Å². The topological polar surface area (TPSA) is 42.4 Å². The van der Waals surface area contributed by atoms with E-state index in [0.29, 0.717) is 17.8 Å². The number of hydrogen-bond donors (Lipinski definition) is 1. The summed E-state index contributed by atoms with van der Waals surface area (Å²) in [5.74, 6) is 1.22. The number of nitrogens with zero attached hydrogens (tertiary/aromatic N) is 1. The fourth-order valence-corrected chi connectivity index (χ4v) is 8.10. The summed E-state index contributed by atoms with van der Waals surface area (Å²) < 4.78 is 8.44. The quantitative estimate of drug-likeness (QED) is 0.259. The van der Waals surface area contributed by atoms with Crippen LogP contribution in [0.4, 0.5) is 0 Å². The van der Waals surface area contributed by atoms with Crippen LogP contribution in [0, 0.1) is 14.9 Å². The van der Waals surface area contributed by atoms with Crippen molar-refractivity contribution in [3.63, 3.8) is 0 Å². The molecule has 2 aliphatic rings. The summed E-state index contributed by atoms with van der Waals surface area (Å²) in [6.07, 6.45) is 3.83. The van der Waals surface area contributed by atoms with Gasteiger partial charge in [0.05, 0.1) is 12.2 Å². The van der Waals surface area contributed by atoms with E-state index in [1.807, 2.05) is 0 Å². The maximum absolute atomic E-state index is 11.3. The smallest absolute Gasteiger partial charge is 0.192 e. The van der Waals surface area contributed by atoms with Crippen LogP contribution in [-0.2, 0) is 10.8 Å². The van der Waals surface area contributed by atoms with E-state index < -0.39 is 14.4 Å². The molecule has 1 aromatic heterocycles. The third-order valence-electron chi connectivity index (χ3n) is 9.21. The zero-order chi connectivity index (χ0) is 26.6. The molecule has 0 saturated heterocycles. The summed E-state index contributed by atoms with van der Waals surface area (Å²) in [7, 11) is -1.96. The van der Waals surface area contributed by atoms with Gasteiger partial charge in [-0.2, -0.15) is 0 Å². The zero-order valence-electron chi connectivity index (χ0n) is 23.8. The molecule has 4 rings (SSSR count). The van der Waals surface area contributed by atoms with Crippen LogP contribution >= 0.6 is 22.6 Å². The van der Waals surface area contributed by atoms with Gasteiger partial charge < -0.3 is 9.53 Å². The van der Waals surface area contributed by atoms with Gasteiger partial charge in [0.25, 0.3) is 0 Å². The predicted molar refractivity (Wildman–Crippen MR) is 161 cm³/mol. The summed E-state index contributed by atoms with van der Waals surface area (Å²) in [6.45, 7) is 20.6. The Bertz CT molecular complexity index is 1080. The molecule has 1 saturated carbocycles. The molecule has 2 atom stereocenters. The van der Waals surface area contributed by atoms with E-state index in [0.717, 1.165) is 31.2 Å². The van der Waals surface area contributed by atoms with Gasteiger partial charge in [0, 0.05) is 20.5 Å². The van der Waals surface area contributed by atoms with E-state index in [2.05, 4.69) is 114 Å². The SMILES string of the molecule is CC(C)c1ccc(C(O)C2CC3(Cc4nc(C(C)C)cc(I)c4[C@H](O[Si](C)(C)C(C)(C)C)C3)C2)cc1. The van der Waals surface area contributed by atoms with Crippen LogP contribution in [0.2, 0.25) is 18.1 Å². The molecule has 1 fully saturated rings. The number of aliphatic hydroxyl groups excluding tert-OH is 1. The molecule has 2 aliphatic carbocycles. The first-order valence-electron chi connectivity index (χ1n) is 13.8. The van der Waals surface area contributed by atoms with Crippen LogP contribution in [0.3, 0.4) is 0 Å². The van der Waals surface area contributed by atoms with Crippen LogP contribution in [0.1, 0.15) is 120 Å². The van der Waals surface area contributed by atoms with Crippen molar-refractivity contribution in [2.24, 2.45) is 11.3 Å². The van der Waals surface area contributed by atoms with Crippen molar-refractivity contribution in [3.05, 3.63) is 62.0 Å². The second-order valence-corrected chi connectivity index (χ2v) is 19.6. The lowest BCUT2D eigenvalue weighted by molar-refractivity contribution is -0.0662. The van der Waals surface area contributed by atoms with E-state index in [9.17, 15) is 5.11 Å². The largest absolute Gasteiger partial charge is 0.410 e. The lowest BCUT2D eigenvalue weighted by atomic mass is 9.53. The molecule has 1 heterocycles. The van der Waals surface area contributed by atoms with E-state index in [4.69, 9.17) is 9.41 Å². The van der Waals surface area contributed by atoms with Crippen LogP contribution in [0.5, 0.6) is 0 Å². The maximum Gasteiger partial charge on any atom is 0.192 e. The highest BCUT2D eigenvalue weighted by molar-refractivity contribution is 14.1. The Kier molecular flexibility index (Phi) is 7.91. The van der Waals surface area contributed by atoms with Crippen molar-refractivity contribution in [2.75, 3.05) is 0 Å². The van der Waals surface area contributed by atoms with Crippen LogP contribution in [0.25, 0.3) is 0 Å². The first-order chi connectivity index (χ1) is 16.6. The number of benzene rings is 1. The van der Waals surface area contributed by atoms with E-state index in [-0.39, 0.29) is 16.6 Å². The third-order valence-corrected chi connectivity index (χ3v) is 14.6. The maximum atomic E-state index is 11.3. The van der Waals surface area contributed by atoms with Crippen molar-refractivity contribution >= 4 is 30.9 Å². The summed E-state index contributed by atoms with van der Waals surface area (Å²) in [6, 6.07) is 10.9. The molecule has 0 amide bonds. The average molecular weight is 620 g/mol. The highest BCUT2D eigenvalue weighted by Gasteiger charge is 2.53. The number of hydrogen-bond acceptors (Lipinski definition) is 3. The minimum atomic E-state index is -1.96. The van der Waals surface area contributed by atoms with Crippen LogP contribution < -0.4 is 0 Å². The minimum absolute atomic E-state index is 0.0960. The molecule has 3 nitrogen and oxygen atoms in total. The lowest BCUT2D eigenvalue weighted by Crippen LogP contribution is -2.49. The molecule has 5 heteroatoms. The Labute approximate surface area is 234 Å². The molecule has 198 valence electrons. The summed E-state index contributed by atoms with van der Waals surface area (Å²) in [4.78, 5) is 5.22.